The van der Waals surface area contributed by atoms with Gasteiger partial charge in [-0.05, 0) is 30.2 Å². The van der Waals surface area contributed by atoms with Crippen molar-refractivity contribution in [2.75, 3.05) is 19.5 Å². The fraction of sp³-hybridized carbons (Fsp3) is 0.250. The molecule has 1 aromatic carbocycles. The molecule has 0 saturated carbocycles. The normalized spacial score (nSPS) is 10.9. The predicted octanol–water partition coefficient (Wildman–Crippen LogP) is 4.47. The van der Waals surface area contributed by atoms with E-state index in [-0.39, 0.29) is 18.2 Å². The van der Waals surface area contributed by atoms with Crippen LogP contribution in [0.15, 0.2) is 48.8 Å². The molecule has 0 fully saturated rings. The van der Waals surface area contributed by atoms with Crippen LogP contribution in [0.25, 0.3) is 10.9 Å². The van der Waals surface area contributed by atoms with E-state index in [0.29, 0.717) is 34.5 Å². The molecule has 0 unspecified atom stereocenters. The Morgan fingerprint density at radius 3 is 2.61 bits per heavy atom. The Hall–Kier alpha value is -4.14. The third kappa shape index (κ3) is 5.03. The van der Waals surface area contributed by atoms with Gasteiger partial charge in [0.2, 0.25) is 5.91 Å². The van der Waals surface area contributed by atoms with Crippen LogP contribution in [-0.2, 0) is 11.2 Å². The second kappa shape index (κ2) is 9.56. The maximum atomic E-state index is 12.5. The van der Waals surface area contributed by atoms with E-state index in [1.54, 1.807) is 31.6 Å². The lowest BCUT2D eigenvalue weighted by atomic mass is 10.1. The van der Waals surface area contributed by atoms with Gasteiger partial charge in [-0.2, -0.15) is 5.10 Å². The molecule has 33 heavy (non-hydrogen) atoms. The second-order valence-electron chi connectivity index (χ2n) is 7.70. The van der Waals surface area contributed by atoms with Crippen LogP contribution in [0.2, 0.25) is 0 Å². The molecule has 0 aliphatic carbocycles. The molecule has 3 aromatic heterocycles. The van der Waals surface area contributed by atoms with Crippen LogP contribution in [0.5, 0.6) is 23.0 Å². The Balaban J connectivity index is 1.51. The molecular weight excluding hydrogens is 422 g/mol. The summed E-state index contributed by atoms with van der Waals surface area (Å²) in [5.74, 6) is 2.74. The number of aromatic nitrogens is 4. The number of carbonyl (C=O) groups is 1. The van der Waals surface area contributed by atoms with Gasteiger partial charge in [-0.25, -0.2) is 0 Å². The Morgan fingerprint density at radius 2 is 1.88 bits per heavy atom. The maximum absolute atomic E-state index is 12.5. The molecule has 2 N–H and O–H groups in total. The highest BCUT2D eigenvalue weighted by Gasteiger charge is 2.15. The number of anilines is 1. The van der Waals surface area contributed by atoms with Gasteiger partial charge in [0.1, 0.15) is 23.0 Å². The summed E-state index contributed by atoms with van der Waals surface area (Å²) in [4.78, 5) is 21.3. The fourth-order valence-corrected chi connectivity index (χ4v) is 3.30. The Morgan fingerprint density at radius 1 is 1.03 bits per heavy atom. The summed E-state index contributed by atoms with van der Waals surface area (Å²) >= 11 is 0. The number of benzene rings is 1. The lowest BCUT2D eigenvalue weighted by Crippen LogP contribution is -2.16. The molecule has 0 saturated heterocycles. The Bertz CT molecular complexity index is 1290. The SMILES string of the molecule is COc1ccc2nccc(Oc3cnc(CC(=O)Nc4cc(C(C)C)[nH]n4)c(OC)c3)c2c1. The Kier molecular flexibility index (Phi) is 6.39. The van der Waals surface area contributed by atoms with Crippen molar-refractivity contribution in [3.05, 3.63) is 60.2 Å². The molecule has 4 rings (SSSR count). The number of ether oxygens (including phenoxy) is 3. The number of pyridine rings is 2. The van der Waals surface area contributed by atoms with Gasteiger partial charge in [0, 0.05) is 29.4 Å². The van der Waals surface area contributed by atoms with E-state index < -0.39 is 0 Å². The number of fused-ring (bicyclic) bond motifs is 1. The van der Waals surface area contributed by atoms with Crippen LogP contribution in [0.4, 0.5) is 5.82 Å². The lowest BCUT2D eigenvalue weighted by Gasteiger charge is -2.12. The van der Waals surface area contributed by atoms with Crippen molar-refractivity contribution in [1.82, 2.24) is 20.2 Å². The molecule has 9 nitrogen and oxygen atoms in total. The molecule has 1 amide bonds. The lowest BCUT2D eigenvalue weighted by molar-refractivity contribution is -0.115. The van der Waals surface area contributed by atoms with Crippen LogP contribution in [-0.4, -0.2) is 40.3 Å². The number of hydrogen-bond acceptors (Lipinski definition) is 7. The first-order valence-corrected chi connectivity index (χ1v) is 10.5. The van der Waals surface area contributed by atoms with Gasteiger partial charge in [0.25, 0.3) is 0 Å². The van der Waals surface area contributed by atoms with E-state index in [2.05, 4.69) is 25.5 Å². The minimum Gasteiger partial charge on any atom is -0.497 e. The van der Waals surface area contributed by atoms with Crippen molar-refractivity contribution in [3.8, 4) is 23.0 Å². The smallest absolute Gasteiger partial charge is 0.231 e. The quantitative estimate of drug-likeness (QED) is 0.410. The summed E-state index contributed by atoms with van der Waals surface area (Å²) < 4.78 is 16.8. The van der Waals surface area contributed by atoms with Crippen molar-refractivity contribution in [2.24, 2.45) is 0 Å². The highest BCUT2D eigenvalue weighted by Crippen LogP contribution is 2.33. The van der Waals surface area contributed by atoms with E-state index >= 15 is 0 Å². The topological polar surface area (TPSA) is 111 Å². The summed E-state index contributed by atoms with van der Waals surface area (Å²) in [5, 5.41) is 10.6. The van der Waals surface area contributed by atoms with E-state index in [0.717, 1.165) is 16.6 Å². The van der Waals surface area contributed by atoms with E-state index in [9.17, 15) is 4.79 Å². The maximum Gasteiger partial charge on any atom is 0.231 e. The number of amides is 1. The number of aromatic amines is 1. The molecule has 0 spiro atoms. The number of nitrogens with one attached hydrogen (secondary N) is 2. The number of methoxy groups -OCH3 is 2. The molecule has 3 heterocycles. The van der Waals surface area contributed by atoms with Crippen molar-refractivity contribution in [2.45, 2.75) is 26.2 Å². The van der Waals surface area contributed by atoms with Gasteiger partial charge < -0.3 is 19.5 Å². The minimum absolute atomic E-state index is 0.0305. The first-order chi connectivity index (χ1) is 16.0. The van der Waals surface area contributed by atoms with E-state index in [4.69, 9.17) is 14.2 Å². The average molecular weight is 447 g/mol. The number of carbonyl (C=O) groups excluding carboxylic acids is 1. The van der Waals surface area contributed by atoms with Gasteiger partial charge in [0.05, 0.1) is 38.0 Å². The first kappa shape index (κ1) is 22.1. The number of hydrogen-bond donors (Lipinski definition) is 2. The monoisotopic (exact) mass is 447 g/mol. The summed E-state index contributed by atoms with van der Waals surface area (Å²) in [6.45, 7) is 4.09. The molecule has 0 bridgehead atoms. The minimum atomic E-state index is -0.247. The van der Waals surface area contributed by atoms with Crippen LogP contribution in [0.1, 0.15) is 31.2 Å². The average Bonchev–Trinajstić information content (AvgIpc) is 3.28. The first-order valence-electron chi connectivity index (χ1n) is 10.5. The number of rotatable bonds is 8. The molecule has 0 radical (unpaired) electrons. The second-order valence-corrected chi connectivity index (χ2v) is 7.70. The van der Waals surface area contributed by atoms with Gasteiger partial charge in [-0.3, -0.25) is 19.9 Å². The largest absolute Gasteiger partial charge is 0.497 e. The van der Waals surface area contributed by atoms with Crippen LogP contribution >= 0.6 is 0 Å². The van der Waals surface area contributed by atoms with Crippen molar-refractivity contribution in [3.63, 3.8) is 0 Å². The summed E-state index contributed by atoms with van der Waals surface area (Å²) in [7, 11) is 3.13. The van der Waals surface area contributed by atoms with Gasteiger partial charge >= 0.3 is 0 Å². The molecule has 0 atom stereocenters. The van der Waals surface area contributed by atoms with Gasteiger partial charge in [-0.1, -0.05) is 13.8 Å². The zero-order valence-electron chi connectivity index (χ0n) is 18.9. The third-order valence-corrected chi connectivity index (χ3v) is 5.08. The molecule has 0 aliphatic heterocycles. The molecular formula is C24H25N5O4. The highest BCUT2D eigenvalue weighted by molar-refractivity contribution is 5.91. The van der Waals surface area contributed by atoms with Crippen LogP contribution in [0.3, 0.4) is 0 Å². The van der Waals surface area contributed by atoms with Crippen molar-refractivity contribution in [1.29, 1.82) is 0 Å². The molecule has 0 aliphatic rings. The van der Waals surface area contributed by atoms with E-state index in [1.165, 1.54) is 7.11 Å². The zero-order valence-corrected chi connectivity index (χ0v) is 18.9. The fourth-order valence-electron chi connectivity index (χ4n) is 3.30. The van der Waals surface area contributed by atoms with Gasteiger partial charge in [0.15, 0.2) is 5.82 Å². The van der Waals surface area contributed by atoms with Crippen molar-refractivity contribution < 1.29 is 19.0 Å². The predicted molar refractivity (Wildman–Crippen MR) is 124 cm³/mol. The highest BCUT2D eigenvalue weighted by atomic mass is 16.5. The van der Waals surface area contributed by atoms with Crippen LogP contribution in [0, 0.1) is 0 Å². The summed E-state index contributed by atoms with van der Waals surface area (Å²) in [6, 6.07) is 10.9. The summed E-state index contributed by atoms with van der Waals surface area (Å²) in [6.07, 6.45) is 3.26. The zero-order chi connectivity index (χ0) is 23.4. The summed E-state index contributed by atoms with van der Waals surface area (Å²) in [5.41, 5.74) is 2.22. The number of H-pyrrole nitrogens is 1. The standard InChI is InChI=1S/C24H25N5O4/c1-14(2)19-11-23(29-28-19)27-24(30)12-20-22(32-4)10-16(13-26-20)33-21-7-8-25-18-6-5-15(31-3)9-17(18)21/h5-11,13-14H,12H2,1-4H3,(H2,27,28,29,30). The Labute approximate surface area is 191 Å². The third-order valence-electron chi connectivity index (χ3n) is 5.08. The molecule has 170 valence electrons. The van der Waals surface area contributed by atoms with Crippen molar-refractivity contribution >= 4 is 22.6 Å². The van der Waals surface area contributed by atoms with Crippen LogP contribution < -0.4 is 19.5 Å². The van der Waals surface area contributed by atoms with Gasteiger partial charge in [-0.15, -0.1) is 0 Å². The molecule has 4 aromatic rings. The van der Waals surface area contributed by atoms with E-state index in [1.807, 2.05) is 38.1 Å². The number of nitrogens with zero attached hydrogens (tertiary/aromatic N) is 3. The molecule has 9 heteroatoms.